The molecule has 2 heterocycles. The monoisotopic (exact) mass is 500 g/mol. The van der Waals surface area contributed by atoms with Crippen LogP contribution >= 0.6 is 23.7 Å². The first kappa shape index (κ1) is 26.3. The molecule has 176 valence electrons. The van der Waals surface area contributed by atoms with Gasteiger partial charge in [-0.25, -0.2) is 13.2 Å². The number of amides is 1. The standard InChI is InChI=1S/C22H28N2O5S2.ClH/c1-7-31(27,28)14-10-8-13(9-11-14)18(25)23-19-16(20(26)29-6)15-12-21(2,3)24-22(4,5)17(15)30-19;/h8-11,24H,7,12H2,1-6H3,(H,23,25);1H. The number of hydrogen-bond donors (Lipinski definition) is 2. The van der Waals surface area contributed by atoms with Crippen molar-refractivity contribution < 1.29 is 22.7 Å². The lowest BCUT2D eigenvalue weighted by Gasteiger charge is -2.42. The summed E-state index contributed by atoms with van der Waals surface area (Å²) in [5.74, 6) is -0.929. The molecule has 0 aliphatic carbocycles. The fourth-order valence-electron chi connectivity index (χ4n) is 4.09. The van der Waals surface area contributed by atoms with Crippen molar-refractivity contribution in [2.75, 3.05) is 18.2 Å². The maximum Gasteiger partial charge on any atom is 0.341 e. The van der Waals surface area contributed by atoms with Crippen LogP contribution in [0.4, 0.5) is 5.00 Å². The number of ether oxygens (including phenoxy) is 1. The van der Waals surface area contributed by atoms with Crippen molar-refractivity contribution in [1.29, 1.82) is 0 Å². The Hall–Kier alpha value is -1.94. The van der Waals surface area contributed by atoms with Crippen molar-refractivity contribution in [2.45, 2.75) is 57.0 Å². The molecule has 0 bridgehead atoms. The number of methoxy groups -OCH3 is 1. The third kappa shape index (κ3) is 5.01. The van der Waals surface area contributed by atoms with Gasteiger partial charge in [-0.1, -0.05) is 6.92 Å². The van der Waals surface area contributed by atoms with Gasteiger partial charge in [0.1, 0.15) is 5.00 Å². The minimum atomic E-state index is -3.34. The number of nitrogens with one attached hydrogen (secondary N) is 2. The SMILES string of the molecule is CCS(=O)(=O)c1ccc(C(=O)Nc2sc3c(c2C(=O)OC)CC(C)(C)NC3(C)C)cc1.Cl. The van der Waals surface area contributed by atoms with Gasteiger partial charge >= 0.3 is 5.97 Å². The smallest absolute Gasteiger partial charge is 0.341 e. The molecule has 1 aliphatic rings. The molecule has 1 aromatic heterocycles. The number of hydrogen-bond acceptors (Lipinski definition) is 7. The number of carbonyl (C=O) groups is 2. The summed E-state index contributed by atoms with van der Waals surface area (Å²) in [4.78, 5) is 26.7. The van der Waals surface area contributed by atoms with Crippen LogP contribution in [0.25, 0.3) is 0 Å². The first-order chi connectivity index (χ1) is 14.3. The molecule has 1 amide bonds. The van der Waals surface area contributed by atoms with Crippen LogP contribution < -0.4 is 10.6 Å². The number of fused-ring (bicyclic) bond motifs is 1. The Morgan fingerprint density at radius 1 is 1.16 bits per heavy atom. The van der Waals surface area contributed by atoms with Gasteiger partial charge in [0.15, 0.2) is 9.84 Å². The van der Waals surface area contributed by atoms with Gasteiger partial charge in [0.2, 0.25) is 0 Å². The highest BCUT2D eigenvalue weighted by Gasteiger charge is 2.42. The van der Waals surface area contributed by atoms with Crippen LogP contribution in [0.1, 0.15) is 65.8 Å². The summed E-state index contributed by atoms with van der Waals surface area (Å²) in [7, 11) is -2.02. The van der Waals surface area contributed by atoms with E-state index in [1.54, 1.807) is 6.92 Å². The highest BCUT2D eigenvalue weighted by atomic mass is 35.5. The zero-order valence-corrected chi connectivity index (χ0v) is 21.4. The van der Waals surface area contributed by atoms with Gasteiger partial charge in [-0.3, -0.25) is 4.79 Å². The van der Waals surface area contributed by atoms with E-state index in [0.29, 0.717) is 22.5 Å². The van der Waals surface area contributed by atoms with Gasteiger partial charge in [0.25, 0.3) is 5.91 Å². The second-order valence-corrected chi connectivity index (χ2v) is 12.1. The molecule has 0 saturated heterocycles. The molecule has 0 unspecified atom stereocenters. The largest absolute Gasteiger partial charge is 0.465 e. The van der Waals surface area contributed by atoms with E-state index in [4.69, 9.17) is 4.74 Å². The predicted octanol–water partition coefficient (Wildman–Crippen LogP) is 4.16. The Labute approximate surface area is 199 Å². The summed E-state index contributed by atoms with van der Waals surface area (Å²) in [5, 5.41) is 6.85. The Kier molecular flexibility index (Phi) is 7.51. The van der Waals surface area contributed by atoms with Crippen molar-refractivity contribution in [3.05, 3.63) is 45.8 Å². The molecule has 3 rings (SSSR count). The summed E-state index contributed by atoms with van der Waals surface area (Å²) < 4.78 is 29.0. The van der Waals surface area contributed by atoms with Gasteiger partial charge in [-0.05, 0) is 63.9 Å². The Balaban J connectivity index is 0.00000363. The van der Waals surface area contributed by atoms with Crippen molar-refractivity contribution >= 4 is 50.5 Å². The molecular formula is C22H29ClN2O5S2. The second kappa shape index (κ2) is 9.13. The topological polar surface area (TPSA) is 102 Å². The number of esters is 1. The number of rotatable bonds is 5. The average Bonchev–Trinajstić information content (AvgIpc) is 3.04. The Morgan fingerprint density at radius 2 is 1.75 bits per heavy atom. The maximum atomic E-state index is 12.9. The molecule has 1 aromatic carbocycles. The minimum Gasteiger partial charge on any atom is -0.465 e. The van der Waals surface area contributed by atoms with Crippen LogP contribution in [0.2, 0.25) is 0 Å². The lowest BCUT2D eigenvalue weighted by atomic mass is 9.81. The number of halogens is 1. The van der Waals surface area contributed by atoms with Gasteiger partial charge in [-0.2, -0.15) is 0 Å². The lowest BCUT2D eigenvalue weighted by Crippen LogP contribution is -2.55. The van der Waals surface area contributed by atoms with E-state index < -0.39 is 21.7 Å². The van der Waals surface area contributed by atoms with Crippen LogP contribution in [0.15, 0.2) is 29.2 Å². The zero-order valence-electron chi connectivity index (χ0n) is 19.0. The summed E-state index contributed by atoms with van der Waals surface area (Å²) in [6.45, 7) is 9.80. The van der Waals surface area contributed by atoms with E-state index in [1.807, 2.05) is 13.8 Å². The summed E-state index contributed by atoms with van der Waals surface area (Å²) in [5.41, 5.74) is 0.940. The number of carbonyl (C=O) groups excluding carboxylic acids is 2. The third-order valence-electron chi connectivity index (χ3n) is 5.32. The Morgan fingerprint density at radius 3 is 2.28 bits per heavy atom. The molecule has 0 saturated carbocycles. The minimum absolute atomic E-state index is 0. The fraction of sp³-hybridized carbons (Fsp3) is 0.455. The number of anilines is 1. The molecular weight excluding hydrogens is 472 g/mol. The van der Waals surface area contributed by atoms with Crippen LogP contribution in [-0.2, 0) is 26.5 Å². The molecule has 0 fully saturated rings. The van der Waals surface area contributed by atoms with E-state index in [1.165, 1.54) is 42.7 Å². The van der Waals surface area contributed by atoms with Crippen LogP contribution in [0.3, 0.4) is 0 Å². The highest BCUT2D eigenvalue weighted by molar-refractivity contribution is 7.91. The molecule has 1 aliphatic heterocycles. The highest BCUT2D eigenvalue weighted by Crippen LogP contribution is 2.45. The lowest BCUT2D eigenvalue weighted by molar-refractivity contribution is 0.0600. The Bertz CT molecular complexity index is 1140. The van der Waals surface area contributed by atoms with Crippen LogP contribution in [-0.4, -0.2) is 38.7 Å². The van der Waals surface area contributed by atoms with Gasteiger partial charge < -0.3 is 15.4 Å². The summed E-state index contributed by atoms with van der Waals surface area (Å²) >= 11 is 1.36. The summed E-state index contributed by atoms with van der Waals surface area (Å²) in [6, 6.07) is 5.78. The van der Waals surface area contributed by atoms with E-state index in [-0.39, 0.29) is 34.1 Å². The van der Waals surface area contributed by atoms with E-state index >= 15 is 0 Å². The maximum absolute atomic E-state index is 12.9. The van der Waals surface area contributed by atoms with Crippen LogP contribution in [0, 0.1) is 0 Å². The quantitative estimate of drug-likeness (QED) is 0.598. The first-order valence-electron chi connectivity index (χ1n) is 9.99. The number of thiophene rings is 1. The van der Waals surface area contributed by atoms with Gasteiger partial charge in [-0.15, -0.1) is 23.7 Å². The van der Waals surface area contributed by atoms with Gasteiger partial charge in [0.05, 0.1) is 23.3 Å². The molecule has 32 heavy (non-hydrogen) atoms. The van der Waals surface area contributed by atoms with Gasteiger partial charge in [0, 0.05) is 21.5 Å². The first-order valence-corrected chi connectivity index (χ1v) is 12.5. The van der Waals surface area contributed by atoms with E-state index in [0.717, 1.165) is 10.4 Å². The number of sulfone groups is 1. The molecule has 2 N–H and O–H groups in total. The molecule has 0 atom stereocenters. The third-order valence-corrected chi connectivity index (χ3v) is 8.54. The van der Waals surface area contributed by atoms with Crippen molar-refractivity contribution in [3.8, 4) is 0 Å². The van der Waals surface area contributed by atoms with Crippen molar-refractivity contribution in [1.82, 2.24) is 5.32 Å². The molecule has 0 radical (unpaired) electrons. The van der Waals surface area contributed by atoms with Crippen molar-refractivity contribution in [3.63, 3.8) is 0 Å². The van der Waals surface area contributed by atoms with Crippen LogP contribution in [0.5, 0.6) is 0 Å². The van der Waals surface area contributed by atoms with E-state index in [9.17, 15) is 18.0 Å². The summed E-state index contributed by atoms with van der Waals surface area (Å²) in [6.07, 6.45) is 0.617. The molecule has 2 aromatic rings. The predicted molar refractivity (Wildman–Crippen MR) is 129 cm³/mol. The second-order valence-electron chi connectivity index (χ2n) is 8.80. The van der Waals surface area contributed by atoms with Crippen molar-refractivity contribution in [2.24, 2.45) is 0 Å². The fourth-order valence-corrected chi connectivity index (χ4v) is 6.23. The van der Waals surface area contributed by atoms with E-state index in [2.05, 4.69) is 24.5 Å². The number of benzene rings is 1. The molecule has 0 spiro atoms. The average molecular weight is 501 g/mol. The molecule has 10 heteroatoms. The normalized spacial score (nSPS) is 16.4. The molecule has 7 nitrogen and oxygen atoms in total. The zero-order chi connectivity index (χ0) is 23.2.